The van der Waals surface area contributed by atoms with Crippen LogP contribution in [0.3, 0.4) is 0 Å². The van der Waals surface area contributed by atoms with Crippen LogP contribution in [0.15, 0.2) is 83.3 Å². The van der Waals surface area contributed by atoms with E-state index in [1.165, 1.54) is 0 Å². The summed E-state index contributed by atoms with van der Waals surface area (Å²) >= 11 is 1.59. The van der Waals surface area contributed by atoms with E-state index in [9.17, 15) is 4.79 Å². The molecule has 0 bridgehead atoms. The number of thiophene rings is 1. The van der Waals surface area contributed by atoms with E-state index in [0.29, 0.717) is 5.56 Å². The van der Waals surface area contributed by atoms with Crippen molar-refractivity contribution in [3.63, 3.8) is 0 Å². The number of benzene rings is 2. The van der Waals surface area contributed by atoms with Crippen LogP contribution >= 0.6 is 11.3 Å². The van der Waals surface area contributed by atoms with Gasteiger partial charge in [0.25, 0.3) is 5.91 Å². The van der Waals surface area contributed by atoms with Gasteiger partial charge in [-0.25, -0.2) is 5.43 Å². The second-order valence-electron chi connectivity index (χ2n) is 6.78. The summed E-state index contributed by atoms with van der Waals surface area (Å²) in [5.74, 6) is -0.227. The Balaban J connectivity index is 1.53. The smallest absolute Gasteiger partial charge is 0.271 e. The van der Waals surface area contributed by atoms with Gasteiger partial charge in [0.2, 0.25) is 0 Å². The first-order valence-electron chi connectivity index (χ1n) is 9.35. The van der Waals surface area contributed by atoms with Crippen molar-refractivity contribution < 1.29 is 4.79 Å². The van der Waals surface area contributed by atoms with Crippen LogP contribution in [0.4, 0.5) is 0 Å². The zero-order valence-electron chi connectivity index (χ0n) is 16.3. The number of hydrogen-bond acceptors (Lipinski definition) is 3. The number of aryl methyl sites for hydroxylation is 2. The highest BCUT2D eigenvalue weighted by molar-refractivity contribution is 7.11. The van der Waals surface area contributed by atoms with Crippen LogP contribution in [0.1, 0.15) is 26.5 Å². The number of carbonyl (C=O) groups excluding carboxylic acids is 1. The van der Waals surface area contributed by atoms with Crippen molar-refractivity contribution in [1.82, 2.24) is 9.99 Å². The predicted molar refractivity (Wildman–Crippen MR) is 120 cm³/mol. The van der Waals surface area contributed by atoms with Crippen LogP contribution in [0, 0.1) is 13.8 Å². The Morgan fingerprint density at radius 2 is 1.72 bits per heavy atom. The van der Waals surface area contributed by atoms with Crippen LogP contribution in [0.5, 0.6) is 0 Å². The topological polar surface area (TPSA) is 46.4 Å². The first-order chi connectivity index (χ1) is 14.1. The van der Waals surface area contributed by atoms with Gasteiger partial charge >= 0.3 is 0 Å². The molecule has 4 rings (SSSR count). The number of carbonyl (C=O) groups is 1. The fourth-order valence-electron chi connectivity index (χ4n) is 3.21. The van der Waals surface area contributed by atoms with E-state index in [1.807, 2.05) is 60.8 Å². The van der Waals surface area contributed by atoms with Gasteiger partial charge in [0.1, 0.15) is 0 Å². The van der Waals surface area contributed by atoms with E-state index >= 15 is 0 Å². The van der Waals surface area contributed by atoms with Crippen molar-refractivity contribution in [3.05, 3.63) is 99.9 Å². The highest BCUT2D eigenvalue weighted by atomic mass is 32.1. The molecule has 1 N–H and O–H groups in total. The fraction of sp³-hybridized carbons (Fsp3) is 0.0833. The summed E-state index contributed by atoms with van der Waals surface area (Å²) in [5.41, 5.74) is 8.74. The van der Waals surface area contributed by atoms with E-state index in [4.69, 9.17) is 0 Å². The van der Waals surface area contributed by atoms with Crippen LogP contribution in [0.2, 0.25) is 0 Å². The molecule has 0 aliphatic heterocycles. The molecule has 29 heavy (non-hydrogen) atoms. The fourth-order valence-corrected chi connectivity index (χ4v) is 3.99. The highest BCUT2D eigenvalue weighted by Crippen LogP contribution is 2.26. The molecule has 0 aliphatic rings. The Morgan fingerprint density at radius 1 is 0.966 bits per heavy atom. The minimum atomic E-state index is -0.227. The van der Waals surface area contributed by atoms with Gasteiger partial charge < -0.3 is 4.57 Å². The summed E-state index contributed by atoms with van der Waals surface area (Å²) in [6.07, 6.45) is 1.68. The Bertz CT molecular complexity index is 1150. The summed E-state index contributed by atoms with van der Waals surface area (Å²) in [6, 6.07) is 24.1. The lowest BCUT2D eigenvalue weighted by molar-refractivity contribution is 0.0955. The maximum absolute atomic E-state index is 12.4. The molecule has 0 saturated heterocycles. The third-order valence-electron chi connectivity index (χ3n) is 4.78. The molecule has 0 atom stereocenters. The molecule has 144 valence electrons. The molecule has 4 nitrogen and oxygen atoms in total. The van der Waals surface area contributed by atoms with E-state index in [1.54, 1.807) is 17.6 Å². The quantitative estimate of drug-likeness (QED) is 0.345. The van der Waals surface area contributed by atoms with Gasteiger partial charge in [0.05, 0.1) is 11.9 Å². The Kier molecular flexibility index (Phi) is 5.40. The molecule has 5 heteroatoms. The van der Waals surface area contributed by atoms with Gasteiger partial charge in [-0.3, -0.25) is 4.79 Å². The molecule has 0 unspecified atom stereocenters. The minimum absolute atomic E-state index is 0.227. The monoisotopic (exact) mass is 399 g/mol. The molecule has 2 heterocycles. The van der Waals surface area contributed by atoms with E-state index < -0.39 is 0 Å². The summed E-state index contributed by atoms with van der Waals surface area (Å²) in [5, 5.41) is 6.08. The lowest BCUT2D eigenvalue weighted by atomic mass is 10.1. The van der Waals surface area contributed by atoms with Crippen LogP contribution in [-0.2, 0) is 0 Å². The van der Waals surface area contributed by atoms with Crippen LogP contribution in [0.25, 0.3) is 16.9 Å². The lowest BCUT2D eigenvalue weighted by Gasteiger charge is -2.12. The molecule has 2 aromatic heterocycles. The van der Waals surface area contributed by atoms with Gasteiger partial charge in [-0.2, -0.15) is 5.10 Å². The van der Waals surface area contributed by atoms with Gasteiger partial charge in [-0.15, -0.1) is 11.3 Å². The SMILES string of the molecule is Cc1ccsc1/C=N/NC(=O)c1ccc(-n2c(C)ccc2-c2ccccc2)cc1. The summed E-state index contributed by atoms with van der Waals surface area (Å²) in [6.45, 7) is 4.10. The van der Waals surface area contributed by atoms with Crippen molar-refractivity contribution in [1.29, 1.82) is 0 Å². The predicted octanol–water partition coefficient (Wildman–Crippen LogP) is 5.59. The minimum Gasteiger partial charge on any atom is -0.314 e. The van der Waals surface area contributed by atoms with Gasteiger partial charge in [0, 0.05) is 21.8 Å². The molecule has 4 aromatic rings. The van der Waals surface area contributed by atoms with Crippen LogP contribution in [-0.4, -0.2) is 16.7 Å². The van der Waals surface area contributed by atoms with Gasteiger partial charge in [-0.1, -0.05) is 30.3 Å². The Morgan fingerprint density at radius 3 is 2.41 bits per heavy atom. The number of nitrogens with zero attached hydrogens (tertiary/aromatic N) is 2. The molecular formula is C24H21N3OS. The van der Waals surface area contributed by atoms with E-state index in [-0.39, 0.29) is 5.91 Å². The van der Waals surface area contributed by atoms with Crippen molar-refractivity contribution in [2.45, 2.75) is 13.8 Å². The number of aromatic nitrogens is 1. The molecule has 0 aliphatic carbocycles. The zero-order chi connectivity index (χ0) is 20.2. The first-order valence-corrected chi connectivity index (χ1v) is 10.2. The molecule has 0 spiro atoms. The number of hydrazone groups is 1. The molecule has 0 saturated carbocycles. The number of rotatable bonds is 5. The second kappa shape index (κ2) is 8.29. The van der Waals surface area contributed by atoms with Gasteiger partial charge in [0.15, 0.2) is 0 Å². The summed E-state index contributed by atoms with van der Waals surface area (Å²) in [7, 11) is 0. The standard InChI is InChI=1S/C24H21N3OS/c1-17-14-15-29-23(17)16-25-26-24(28)20-9-11-21(12-10-20)27-18(2)8-13-22(27)19-6-4-3-5-7-19/h3-16H,1-2H3,(H,26,28)/b25-16+. The lowest BCUT2D eigenvalue weighted by Crippen LogP contribution is -2.17. The first kappa shape index (κ1) is 18.9. The number of amides is 1. The molecular weight excluding hydrogens is 378 g/mol. The van der Waals surface area contributed by atoms with Gasteiger partial charge in [-0.05, 0) is 72.8 Å². The molecule has 1 amide bonds. The largest absolute Gasteiger partial charge is 0.314 e. The average molecular weight is 400 g/mol. The molecule has 0 radical (unpaired) electrons. The van der Waals surface area contributed by atoms with Crippen molar-refractivity contribution in [2.24, 2.45) is 5.10 Å². The zero-order valence-corrected chi connectivity index (χ0v) is 17.1. The third-order valence-corrected chi connectivity index (χ3v) is 5.74. The van der Waals surface area contributed by atoms with Crippen molar-refractivity contribution in [3.8, 4) is 16.9 Å². The van der Waals surface area contributed by atoms with Crippen molar-refractivity contribution >= 4 is 23.5 Å². The van der Waals surface area contributed by atoms with Crippen LogP contribution < -0.4 is 5.43 Å². The average Bonchev–Trinajstić information content (AvgIpc) is 3.34. The Hall–Kier alpha value is -3.44. The molecule has 0 fully saturated rings. The summed E-state index contributed by atoms with van der Waals surface area (Å²) in [4.78, 5) is 13.4. The maximum atomic E-state index is 12.4. The Labute approximate surface area is 174 Å². The summed E-state index contributed by atoms with van der Waals surface area (Å²) < 4.78 is 2.19. The third kappa shape index (κ3) is 4.05. The molecule has 2 aromatic carbocycles. The van der Waals surface area contributed by atoms with E-state index in [0.717, 1.165) is 33.1 Å². The van der Waals surface area contributed by atoms with E-state index in [2.05, 4.69) is 46.3 Å². The number of hydrogen-bond donors (Lipinski definition) is 1. The van der Waals surface area contributed by atoms with Crippen molar-refractivity contribution in [2.75, 3.05) is 0 Å². The normalized spacial score (nSPS) is 11.1. The second-order valence-corrected chi connectivity index (χ2v) is 7.72. The maximum Gasteiger partial charge on any atom is 0.271 e. The highest BCUT2D eigenvalue weighted by Gasteiger charge is 2.10. The number of nitrogens with one attached hydrogen (secondary N) is 1.